The summed E-state index contributed by atoms with van der Waals surface area (Å²) in [4.78, 5) is 34.9. The number of nitrogens with two attached hydrogens (primary N) is 1. The summed E-state index contributed by atoms with van der Waals surface area (Å²) in [6.45, 7) is 6.96. The molecule has 12 nitrogen and oxygen atoms in total. The second-order valence-electron chi connectivity index (χ2n) is 9.49. The van der Waals surface area contributed by atoms with E-state index in [1.807, 2.05) is 0 Å². The Morgan fingerprint density at radius 1 is 0.865 bits per heavy atom. The molecule has 1 rings (SSSR count). The number of nitrogens with zero attached hydrogens (tertiary/aromatic N) is 1. The van der Waals surface area contributed by atoms with Crippen molar-refractivity contribution >= 4 is 20.1 Å². The van der Waals surface area contributed by atoms with Gasteiger partial charge in [-0.2, -0.15) is 0 Å². The minimum Gasteiger partial charge on any atom is -0.394 e. The number of unbranched alkanes of at least 4 members (excludes halogenated alkanes) is 3. The van der Waals surface area contributed by atoms with Crippen LogP contribution < -0.4 is 27.0 Å². The molecule has 1 aliphatic heterocycles. The third-order valence-corrected chi connectivity index (χ3v) is 6.85. The van der Waals surface area contributed by atoms with Crippen LogP contribution in [0.1, 0.15) is 64.2 Å². The van der Waals surface area contributed by atoms with Crippen LogP contribution in [-0.4, -0.2) is 104 Å². The van der Waals surface area contributed by atoms with Crippen LogP contribution >= 0.6 is 8.25 Å². The summed E-state index contributed by atoms with van der Waals surface area (Å²) in [5.41, 5.74) is 5.45. The molecule has 8 N–H and O–H groups in total. The number of aliphatic hydroxyl groups excluding tert-OH is 1. The van der Waals surface area contributed by atoms with Crippen molar-refractivity contribution in [1.82, 2.24) is 26.2 Å². The zero-order chi connectivity index (χ0) is 27.1. The van der Waals surface area contributed by atoms with E-state index in [0.29, 0.717) is 38.8 Å². The Balaban J connectivity index is 1.90. The van der Waals surface area contributed by atoms with Gasteiger partial charge in [0.2, 0.25) is 11.8 Å². The molecule has 218 valence electrons. The lowest BCUT2D eigenvalue weighted by Crippen LogP contribution is -2.37. The lowest BCUT2D eigenvalue weighted by Gasteiger charge is -2.22. The van der Waals surface area contributed by atoms with E-state index in [0.717, 1.165) is 71.4 Å². The first kappa shape index (κ1) is 33.9. The lowest BCUT2D eigenvalue weighted by atomic mass is 10.1. The Kier molecular flexibility index (Phi) is 20.9. The van der Waals surface area contributed by atoms with Crippen molar-refractivity contribution < 1.29 is 28.7 Å². The van der Waals surface area contributed by atoms with Crippen LogP contribution in [-0.2, 0) is 18.7 Å². The molecular weight excluding hydrogens is 499 g/mol. The monoisotopic (exact) mass is 550 g/mol. The zero-order valence-corrected chi connectivity index (χ0v) is 23.3. The van der Waals surface area contributed by atoms with Crippen molar-refractivity contribution in [2.45, 2.75) is 76.4 Å². The minimum atomic E-state index is -3.06. The molecule has 1 fully saturated rings. The summed E-state index contributed by atoms with van der Waals surface area (Å²) in [6.07, 6.45) is 7.33. The van der Waals surface area contributed by atoms with Gasteiger partial charge in [-0.3, -0.25) is 14.2 Å². The zero-order valence-electron chi connectivity index (χ0n) is 22.3. The smallest absolute Gasteiger partial charge is 0.316 e. The maximum absolute atomic E-state index is 12.4. The lowest BCUT2D eigenvalue weighted by molar-refractivity contribution is -0.133. The molecule has 0 aromatic heterocycles. The van der Waals surface area contributed by atoms with E-state index in [1.165, 1.54) is 6.42 Å². The molecule has 37 heavy (non-hydrogen) atoms. The van der Waals surface area contributed by atoms with Crippen LogP contribution in [0.4, 0.5) is 0 Å². The number of carbonyl (C=O) groups is 2. The molecule has 1 unspecified atom stereocenters. The summed E-state index contributed by atoms with van der Waals surface area (Å²) in [5.74, 6) is -0.0572. The largest absolute Gasteiger partial charge is 0.394 e. The fourth-order valence-corrected chi connectivity index (χ4v) is 4.72. The second-order valence-corrected chi connectivity index (χ2v) is 10.3. The quantitative estimate of drug-likeness (QED) is 0.0623. The fraction of sp³-hybridized carbons (Fsp3) is 0.917. The summed E-state index contributed by atoms with van der Waals surface area (Å²) in [7, 11) is -3.06. The summed E-state index contributed by atoms with van der Waals surface area (Å²) in [6, 6.07) is -0.368. The number of nitrogens with one attached hydrogen (secondary N) is 4. The molecule has 0 aliphatic carbocycles. The first-order valence-corrected chi connectivity index (χ1v) is 15.1. The average molecular weight is 551 g/mol. The van der Waals surface area contributed by atoms with Crippen LogP contribution in [0.2, 0.25) is 0 Å². The van der Waals surface area contributed by atoms with Gasteiger partial charge in [0.25, 0.3) is 0 Å². The Bertz CT molecular complexity index is 633. The number of hydrogen-bond donors (Lipinski definition) is 7. The molecule has 1 aliphatic rings. The van der Waals surface area contributed by atoms with Gasteiger partial charge in [-0.15, -0.1) is 0 Å². The van der Waals surface area contributed by atoms with Crippen LogP contribution in [0.15, 0.2) is 0 Å². The molecule has 13 heteroatoms. The van der Waals surface area contributed by atoms with E-state index >= 15 is 0 Å². The maximum atomic E-state index is 12.4. The van der Waals surface area contributed by atoms with E-state index < -0.39 is 14.4 Å². The van der Waals surface area contributed by atoms with Crippen LogP contribution in [0.25, 0.3) is 0 Å². The molecule has 1 saturated heterocycles. The molecular formula is C24H51N6O6P. The van der Waals surface area contributed by atoms with Gasteiger partial charge in [-0.25, -0.2) is 0 Å². The van der Waals surface area contributed by atoms with E-state index in [9.17, 15) is 19.3 Å². The van der Waals surface area contributed by atoms with Crippen LogP contribution in [0.3, 0.4) is 0 Å². The van der Waals surface area contributed by atoms with Gasteiger partial charge in [0.1, 0.15) is 0 Å². The number of rotatable bonds is 24. The van der Waals surface area contributed by atoms with E-state index in [4.69, 9.17) is 15.2 Å². The first-order valence-electron chi connectivity index (χ1n) is 13.9. The number of likely N-dealkylation sites (tertiary alicyclic amines) is 1. The molecule has 0 radical (unpaired) electrons. The molecule has 3 atom stereocenters. The third kappa shape index (κ3) is 17.9. The topological polar surface area (TPSA) is 178 Å². The van der Waals surface area contributed by atoms with E-state index in [1.54, 1.807) is 4.90 Å². The van der Waals surface area contributed by atoms with Gasteiger partial charge in [0.15, 0.2) is 0 Å². The van der Waals surface area contributed by atoms with Gasteiger partial charge >= 0.3 is 8.25 Å². The molecule has 0 spiro atoms. The number of hydrogen-bond acceptors (Lipinski definition) is 9. The summed E-state index contributed by atoms with van der Waals surface area (Å²) < 4.78 is 15.8. The van der Waals surface area contributed by atoms with Crippen molar-refractivity contribution in [3.8, 4) is 0 Å². The summed E-state index contributed by atoms with van der Waals surface area (Å²) in [5, 5.41) is 22.5. The highest BCUT2D eigenvalue weighted by Gasteiger charge is 2.35. The Morgan fingerprint density at radius 2 is 1.49 bits per heavy atom. The molecule has 0 saturated carbocycles. The normalized spacial score (nSPS) is 18.3. The van der Waals surface area contributed by atoms with Gasteiger partial charge in [0.05, 0.1) is 18.8 Å². The maximum Gasteiger partial charge on any atom is 0.316 e. The van der Waals surface area contributed by atoms with Gasteiger partial charge in [-0.05, 0) is 84.2 Å². The van der Waals surface area contributed by atoms with Gasteiger partial charge in [0, 0.05) is 32.5 Å². The van der Waals surface area contributed by atoms with Gasteiger partial charge < -0.3 is 46.4 Å². The Labute approximate surface area is 222 Å². The van der Waals surface area contributed by atoms with Gasteiger partial charge in [-0.1, -0.05) is 6.42 Å². The standard InChI is InChI=1S/C24H51N6O6P/c25-10-6-13-26-11-4-5-12-27-14-7-15-28-17-9-23(32)29-16-3-1-2-8-24(33)30-19-22(36-37(34)35)18-21(30)20-31/h21-22,26-28,31,37H,1-20,25H2,(H,29,32)(H,34,35)/t21-,22+/m0/s1. The van der Waals surface area contributed by atoms with Crippen molar-refractivity contribution in [2.75, 3.05) is 65.5 Å². The predicted molar refractivity (Wildman–Crippen MR) is 146 cm³/mol. The SMILES string of the molecule is NCCCNCCCCNCCCNCCC(=O)NCCCCCC(=O)N1C[C@H](O[PH](=O)O)C[C@H]1CO. The second kappa shape index (κ2) is 22.8. The van der Waals surface area contributed by atoms with Crippen LogP contribution in [0, 0.1) is 0 Å². The third-order valence-electron chi connectivity index (χ3n) is 6.31. The van der Waals surface area contributed by atoms with E-state index in [2.05, 4.69) is 21.3 Å². The predicted octanol–water partition coefficient (Wildman–Crippen LogP) is -0.299. The van der Waals surface area contributed by atoms with Crippen molar-refractivity contribution in [3.63, 3.8) is 0 Å². The van der Waals surface area contributed by atoms with Crippen molar-refractivity contribution in [3.05, 3.63) is 0 Å². The van der Waals surface area contributed by atoms with E-state index in [-0.39, 0.29) is 31.0 Å². The van der Waals surface area contributed by atoms with Crippen LogP contribution in [0.5, 0.6) is 0 Å². The van der Waals surface area contributed by atoms with Crippen molar-refractivity contribution in [2.24, 2.45) is 5.73 Å². The molecule has 0 aromatic carbocycles. The first-order chi connectivity index (χ1) is 18.0. The molecule has 2 amide bonds. The summed E-state index contributed by atoms with van der Waals surface area (Å²) >= 11 is 0. The Morgan fingerprint density at radius 3 is 2.14 bits per heavy atom. The molecule has 0 bridgehead atoms. The minimum absolute atomic E-state index is 0.0267. The van der Waals surface area contributed by atoms with Crippen molar-refractivity contribution in [1.29, 1.82) is 0 Å². The molecule has 1 heterocycles. The fourth-order valence-electron chi connectivity index (χ4n) is 4.26. The highest BCUT2D eigenvalue weighted by molar-refractivity contribution is 7.32. The highest BCUT2D eigenvalue weighted by Crippen LogP contribution is 2.28. The number of amides is 2. The highest BCUT2D eigenvalue weighted by atomic mass is 31.1. The average Bonchev–Trinajstić information content (AvgIpc) is 3.28. The number of carbonyl (C=O) groups excluding carboxylic acids is 2. The molecule has 0 aromatic rings. The number of aliphatic hydroxyl groups is 1. The Hall–Kier alpha value is -1.11.